The zero-order chi connectivity index (χ0) is 14.7. The maximum atomic E-state index is 12.7. The Hall–Kier alpha value is -0.386. The second kappa shape index (κ2) is 8.30. The van der Waals surface area contributed by atoms with Crippen LogP contribution in [0.15, 0.2) is 39.6 Å². The minimum absolute atomic E-state index is 0. The first kappa shape index (κ1) is 18.7. The second-order valence-corrected chi connectivity index (χ2v) is 5.16. The Labute approximate surface area is 155 Å². The molecule has 1 radical (unpaired) electrons. The van der Waals surface area contributed by atoms with Crippen LogP contribution in [-0.2, 0) is 45.7 Å². The fraction of sp³-hybridized carbons (Fsp3) is 0.267. The largest absolute Gasteiger partial charge is 0.336 e. The normalized spacial score (nSPS) is 10.5. The van der Waals surface area contributed by atoms with Gasteiger partial charge in [0.1, 0.15) is 0 Å². The van der Waals surface area contributed by atoms with Crippen LogP contribution < -0.4 is 5.56 Å². The van der Waals surface area contributed by atoms with E-state index in [0.717, 1.165) is 22.1 Å². The molecule has 0 aliphatic rings. The summed E-state index contributed by atoms with van der Waals surface area (Å²) in [6.45, 7) is 1.34. The van der Waals surface area contributed by atoms with Crippen molar-refractivity contribution in [1.82, 2.24) is 4.57 Å². The molecule has 0 saturated carbocycles. The molecule has 0 spiro atoms. The van der Waals surface area contributed by atoms with Gasteiger partial charge in [0.25, 0.3) is 6.43 Å². The van der Waals surface area contributed by atoms with Gasteiger partial charge in [-0.25, -0.2) is 8.78 Å². The second-order valence-electron chi connectivity index (χ2n) is 4.30. The van der Waals surface area contributed by atoms with Crippen molar-refractivity contribution in [2.45, 2.75) is 26.3 Å². The summed E-state index contributed by atoms with van der Waals surface area (Å²) >= 11 is 3.07. The summed E-state index contributed by atoms with van der Waals surface area (Å²) in [4.78, 5) is 12.1. The van der Waals surface area contributed by atoms with Gasteiger partial charge in [-0.2, -0.15) is 12.1 Å². The van der Waals surface area contributed by atoms with E-state index in [-0.39, 0.29) is 37.2 Å². The summed E-state index contributed by atoms with van der Waals surface area (Å²) in [5.41, 5.74) is 1.69. The molecule has 21 heavy (non-hydrogen) atoms. The molecule has 0 amide bonds. The van der Waals surface area contributed by atoms with Gasteiger partial charge in [-0.05, 0) is 10.9 Å². The van der Waals surface area contributed by atoms with Gasteiger partial charge in [-0.3, -0.25) is 4.79 Å². The van der Waals surface area contributed by atoms with Crippen molar-refractivity contribution in [3.63, 3.8) is 0 Å². The zero-order valence-electron chi connectivity index (χ0n) is 11.4. The van der Waals surface area contributed by atoms with Crippen LogP contribution >= 0.6 is 15.9 Å². The molecule has 1 aromatic heterocycles. The van der Waals surface area contributed by atoms with Crippen molar-refractivity contribution in [3.05, 3.63) is 56.8 Å². The Morgan fingerprint density at radius 2 is 2.00 bits per heavy atom. The van der Waals surface area contributed by atoms with Crippen LogP contribution in [0.5, 0.6) is 0 Å². The van der Waals surface area contributed by atoms with E-state index in [9.17, 15) is 13.6 Å². The van der Waals surface area contributed by atoms with E-state index in [1.54, 1.807) is 0 Å². The van der Waals surface area contributed by atoms with E-state index in [0.29, 0.717) is 5.69 Å². The topological polar surface area (TPSA) is 22.0 Å². The van der Waals surface area contributed by atoms with Crippen LogP contribution in [0.4, 0.5) is 8.78 Å². The van der Waals surface area contributed by atoms with E-state index in [2.05, 4.69) is 22.0 Å². The van der Waals surface area contributed by atoms with Gasteiger partial charge >= 0.3 is 0 Å². The number of alkyl halides is 2. The summed E-state index contributed by atoms with van der Waals surface area (Å²) in [6, 6.07) is 11.8. The van der Waals surface area contributed by atoms with Gasteiger partial charge in [0.05, 0.1) is 6.54 Å². The first-order valence-electron chi connectivity index (χ1n) is 6.22. The number of pyridine rings is 1. The van der Waals surface area contributed by atoms with Gasteiger partial charge in [0, 0.05) is 32.7 Å². The fourth-order valence-electron chi connectivity index (χ4n) is 2.10. The number of benzene rings is 1. The Morgan fingerprint density at radius 1 is 1.33 bits per heavy atom. The van der Waals surface area contributed by atoms with Gasteiger partial charge in [-0.15, -0.1) is 22.0 Å². The van der Waals surface area contributed by atoms with Crippen LogP contribution in [0, 0.1) is 6.07 Å². The number of hydrogen-bond donors (Lipinski definition) is 0. The van der Waals surface area contributed by atoms with E-state index in [1.165, 1.54) is 6.07 Å². The average Bonchev–Trinajstić information content (AvgIpc) is 2.44. The number of aromatic nitrogens is 1. The Balaban J connectivity index is 0.00000220. The molecular weight excluding hydrogens is 417 g/mol. The molecule has 1 heterocycles. The van der Waals surface area contributed by atoms with E-state index < -0.39 is 18.5 Å². The van der Waals surface area contributed by atoms with Crippen molar-refractivity contribution >= 4 is 15.9 Å². The third-order valence-electron chi connectivity index (χ3n) is 3.03. The third-order valence-corrected chi connectivity index (χ3v) is 3.60. The molecule has 0 aliphatic heterocycles. The number of aryl methyl sites for hydroxylation is 1. The fourth-order valence-corrected chi connectivity index (χ4v) is 2.43. The number of rotatable bonds is 4. The molecule has 2 nitrogen and oxygen atoms in total. The van der Waals surface area contributed by atoms with Crippen LogP contribution in [0.2, 0.25) is 0 Å². The molecule has 0 saturated heterocycles. The van der Waals surface area contributed by atoms with E-state index in [4.69, 9.17) is 0 Å². The predicted molar refractivity (Wildman–Crippen MR) is 78.1 cm³/mol. The van der Waals surface area contributed by atoms with Gasteiger partial charge in [0.2, 0.25) is 5.56 Å². The average molecular weight is 430 g/mol. The molecule has 2 aromatic rings. The van der Waals surface area contributed by atoms with Crippen molar-refractivity contribution in [2.75, 3.05) is 0 Å². The molecule has 0 aliphatic carbocycles. The van der Waals surface area contributed by atoms with Crippen LogP contribution in [0.3, 0.4) is 0 Å². The Morgan fingerprint density at radius 3 is 2.62 bits per heavy atom. The maximum Gasteiger partial charge on any atom is 0.256 e. The molecule has 6 heteroatoms. The SMILES string of the molecule is CCc1ccccc1-c1[c-]cc(Br)c(=O)n1CC(F)F.[Y]. The number of hydrogen-bond acceptors (Lipinski definition) is 1. The number of nitrogens with zero attached hydrogens (tertiary/aromatic N) is 1. The summed E-state index contributed by atoms with van der Waals surface area (Å²) < 4.78 is 26.7. The van der Waals surface area contributed by atoms with Crippen LogP contribution in [0.25, 0.3) is 11.3 Å². The molecule has 0 bridgehead atoms. The third kappa shape index (κ3) is 4.30. The molecule has 0 fully saturated rings. The van der Waals surface area contributed by atoms with Crippen molar-refractivity contribution in [3.8, 4) is 11.3 Å². The summed E-state index contributed by atoms with van der Waals surface area (Å²) in [6.07, 6.45) is -1.84. The van der Waals surface area contributed by atoms with Crippen LogP contribution in [0.1, 0.15) is 12.5 Å². The minimum Gasteiger partial charge on any atom is -0.336 e. The monoisotopic (exact) mass is 429 g/mol. The molecule has 0 N–H and O–H groups in total. The first-order valence-corrected chi connectivity index (χ1v) is 7.01. The smallest absolute Gasteiger partial charge is 0.256 e. The van der Waals surface area contributed by atoms with E-state index >= 15 is 0 Å². The maximum absolute atomic E-state index is 12.7. The molecule has 0 unspecified atom stereocenters. The summed E-state index contributed by atoms with van der Waals surface area (Å²) in [5.74, 6) is 0. The quantitative estimate of drug-likeness (QED) is 0.675. The van der Waals surface area contributed by atoms with E-state index in [1.807, 2.05) is 31.2 Å². The molecule has 0 atom stereocenters. The van der Waals surface area contributed by atoms with Crippen LogP contribution in [-0.4, -0.2) is 11.0 Å². The molecule has 1 aromatic carbocycles. The van der Waals surface area contributed by atoms with Gasteiger partial charge in [0.15, 0.2) is 0 Å². The van der Waals surface area contributed by atoms with Crippen molar-refractivity contribution in [1.29, 1.82) is 0 Å². The molecule has 2 rings (SSSR count). The van der Waals surface area contributed by atoms with Crippen molar-refractivity contribution in [2.24, 2.45) is 0 Å². The Kier molecular flexibility index (Phi) is 7.38. The summed E-state index contributed by atoms with van der Waals surface area (Å²) in [5, 5.41) is 0. The molecular formula is C15H13BrF2NOY-. The van der Waals surface area contributed by atoms with Gasteiger partial charge < -0.3 is 4.57 Å². The zero-order valence-corrected chi connectivity index (χ0v) is 15.9. The van der Waals surface area contributed by atoms with Crippen molar-refractivity contribution < 1.29 is 41.5 Å². The molecule has 109 valence electrons. The standard InChI is InChI=1S/C15H13BrF2NO.Y/c1-2-10-5-3-4-6-11(10)13-8-7-12(16)15(20)19(13)9-14(17)18;/h3-7,14H,2,9H2,1H3;/q-1;. The minimum atomic E-state index is -2.59. The summed E-state index contributed by atoms with van der Waals surface area (Å²) in [7, 11) is 0. The predicted octanol–water partition coefficient (Wildman–Crippen LogP) is 3.90. The first-order chi connectivity index (χ1) is 9.54. The Bertz CT molecular complexity index is 673. The van der Waals surface area contributed by atoms with Gasteiger partial charge in [-0.1, -0.05) is 41.9 Å². The number of halogens is 3.